The van der Waals surface area contributed by atoms with E-state index in [0.29, 0.717) is 6.54 Å². The molecule has 1 atom stereocenters. The number of non-ortho nitro benzene ring substituents is 1. The quantitative estimate of drug-likeness (QED) is 0.529. The molecule has 126 valence electrons. The average Bonchev–Trinajstić information content (AvgIpc) is 2.52. The Labute approximate surface area is 133 Å². The van der Waals surface area contributed by atoms with Crippen molar-refractivity contribution < 1.29 is 22.9 Å². The highest BCUT2D eigenvalue weighted by Crippen LogP contribution is 2.19. The van der Waals surface area contributed by atoms with Gasteiger partial charge in [-0.25, -0.2) is 8.42 Å². The number of benzene rings is 1. The average molecular weight is 343 g/mol. The first-order valence-electron chi connectivity index (χ1n) is 6.73. The van der Waals surface area contributed by atoms with Crippen molar-refractivity contribution in [1.82, 2.24) is 10.6 Å². The lowest BCUT2D eigenvalue weighted by Gasteiger charge is -2.13. The van der Waals surface area contributed by atoms with Gasteiger partial charge in [-0.2, -0.15) is 0 Å². The van der Waals surface area contributed by atoms with Gasteiger partial charge in [-0.1, -0.05) is 0 Å². The largest absolute Gasteiger partial charge is 0.355 e. The summed E-state index contributed by atoms with van der Waals surface area (Å²) in [5, 5.41) is 13.8. The van der Waals surface area contributed by atoms with Gasteiger partial charge in [-0.15, -0.1) is 0 Å². The van der Waals surface area contributed by atoms with Crippen LogP contribution in [0, 0.1) is 10.1 Å². The Bertz CT molecular complexity index is 699. The molecule has 0 saturated heterocycles. The molecule has 2 N–H and O–H groups in total. The molecule has 0 bridgehead atoms. The Hall–Kier alpha value is -2.49. The van der Waals surface area contributed by atoms with Crippen LogP contribution in [0.25, 0.3) is 0 Å². The van der Waals surface area contributed by atoms with Crippen LogP contribution < -0.4 is 10.6 Å². The molecule has 0 heterocycles. The molecule has 0 aliphatic heterocycles. The Morgan fingerprint density at radius 1 is 1.22 bits per heavy atom. The second-order valence-electron chi connectivity index (χ2n) is 4.61. The van der Waals surface area contributed by atoms with Gasteiger partial charge in [0.25, 0.3) is 5.69 Å². The number of carbonyl (C=O) groups is 2. The lowest BCUT2D eigenvalue weighted by Crippen LogP contribution is -2.43. The number of sulfone groups is 1. The van der Waals surface area contributed by atoms with Crippen molar-refractivity contribution in [1.29, 1.82) is 0 Å². The van der Waals surface area contributed by atoms with Gasteiger partial charge in [-0.3, -0.25) is 19.7 Å². The highest BCUT2D eigenvalue weighted by molar-refractivity contribution is 7.92. The van der Waals surface area contributed by atoms with E-state index in [9.17, 15) is 28.1 Å². The van der Waals surface area contributed by atoms with Crippen molar-refractivity contribution in [2.75, 3.05) is 13.1 Å². The Balaban J connectivity index is 2.83. The number of amides is 2. The van der Waals surface area contributed by atoms with Crippen LogP contribution in [0.3, 0.4) is 0 Å². The molecule has 0 aliphatic carbocycles. The minimum atomic E-state index is -4.01. The van der Waals surface area contributed by atoms with Crippen LogP contribution in [-0.4, -0.2) is 43.5 Å². The summed E-state index contributed by atoms with van der Waals surface area (Å²) >= 11 is 0. The van der Waals surface area contributed by atoms with E-state index in [4.69, 9.17) is 0 Å². The summed E-state index contributed by atoms with van der Waals surface area (Å²) in [7, 11) is -4.01. The van der Waals surface area contributed by atoms with Gasteiger partial charge in [0.1, 0.15) is 5.25 Å². The molecule has 0 fully saturated rings. The van der Waals surface area contributed by atoms with Crippen LogP contribution in [0.1, 0.15) is 13.8 Å². The van der Waals surface area contributed by atoms with E-state index in [2.05, 4.69) is 10.6 Å². The van der Waals surface area contributed by atoms with Crippen molar-refractivity contribution >= 4 is 27.3 Å². The fraction of sp³-hybridized carbons (Fsp3) is 0.385. The molecule has 9 nitrogen and oxygen atoms in total. The van der Waals surface area contributed by atoms with Gasteiger partial charge >= 0.3 is 0 Å². The zero-order chi connectivity index (χ0) is 17.6. The fourth-order valence-corrected chi connectivity index (χ4v) is 2.96. The number of hydrogen-bond acceptors (Lipinski definition) is 6. The second-order valence-corrected chi connectivity index (χ2v) is 6.88. The highest BCUT2D eigenvalue weighted by atomic mass is 32.2. The maximum Gasteiger partial charge on any atom is 0.269 e. The molecule has 1 rings (SSSR count). The van der Waals surface area contributed by atoms with Gasteiger partial charge in [0.2, 0.25) is 11.8 Å². The van der Waals surface area contributed by atoms with Crippen LogP contribution in [0.4, 0.5) is 5.69 Å². The second kappa shape index (κ2) is 7.68. The lowest BCUT2D eigenvalue weighted by molar-refractivity contribution is -0.384. The van der Waals surface area contributed by atoms with E-state index >= 15 is 0 Å². The van der Waals surface area contributed by atoms with Crippen molar-refractivity contribution in [3.8, 4) is 0 Å². The molecular weight excluding hydrogens is 326 g/mol. The molecule has 23 heavy (non-hydrogen) atoms. The van der Waals surface area contributed by atoms with Crippen molar-refractivity contribution in [2.45, 2.75) is 24.0 Å². The lowest BCUT2D eigenvalue weighted by atomic mass is 10.3. The Morgan fingerprint density at radius 2 is 1.78 bits per heavy atom. The SMILES string of the molecule is CCNC(=O)CNC(=O)[C@@H](C)S(=O)(=O)c1ccc([N+](=O)[O-])cc1. The molecule has 0 aromatic heterocycles. The molecule has 0 saturated carbocycles. The van der Waals surface area contributed by atoms with E-state index in [0.717, 1.165) is 24.3 Å². The highest BCUT2D eigenvalue weighted by Gasteiger charge is 2.30. The van der Waals surface area contributed by atoms with Crippen LogP contribution >= 0.6 is 0 Å². The Morgan fingerprint density at radius 3 is 2.26 bits per heavy atom. The number of carbonyl (C=O) groups excluding carboxylic acids is 2. The Kier molecular flexibility index (Phi) is 6.19. The van der Waals surface area contributed by atoms with E-state index in [1.165, 1.54) is 6.92 Å². The summed E-state index contributed by atoms with van der Waals surface area (Å²) in [6, 6.07) is 4.24. The van der Waals surface area contributed by atoms with E-state index in [1.54, 1.807) is 6.92 Å². The molecule has 0 radical (unpaired) electrons. The maximum atomic E-state index is 12.3. The molecular formula is C13H17N3O6S. The predicted molar refractivity (Wildman–Crippen MR) is 81.4 cm³/mol. The smallest absolute Gasteiger partial charge is 0.269 e. The molecule has 1 aromatic carbocycles. The van der Waals surface area contributed by atoms with E-state index in [1.807, 2.05) is 0 Å². The number of likely N-dealkylation sites (N-methyl/N-ethyl adjacent to an activating group) is 1. The topological polar surface area (TPSA) is 135 Å². The summed E-state index contributed by atoms with van der Waals surface area (Å²) in [5.41, 5.74) is -0.253. The third kappa shape index (κ3) is 4.74. The molecule has 10 heteroatoms. The minimum Gasteiger partial charge on any atom is -0.355 e. The number of nitro groups is 1. The summed E-state index contributed by atoms with van der Waals surface area (Å²) in [6.45, 7) is 2.96. The molecule has 1 aromatic rings. The summed E-state index contributed by atoms with van der Waals surface area (Å²) < 4.78 is 24.6. The van der Waals surface area contributed by atoms with Crippen LogP contribution in [0.15, 0.2) is 29.2 Å². The van der Waals surface area contributed by atoms with Crippen LogP contribution in [-0.2, 0) is 19.4 Å². The summed E-state index contributed by atoms with van der Waals surface area (Å²) in [4.78, 5) is 32.8. The number of hydrogen-bond donors (Lipinski definition) is 2. The third-order valence-electron chi connectivity index (χ3n) is 3.01. The fourth-order valence-electron chi connectivity index (χ4n) is 1.67. The number of rotatable bonds is 7. The first-order valence-corrected chi connectivity index (χ1v) is 8.27. The van der Waals surface area contributed by atoms with Crippen molar-refractivity contribution in [3.63, 3.8) is 0 Å². The number of nitro benzene ring substituents is 1. The van der Waals surface area contributed by atoms with E-state index in [-0.39, 0.29) is 17.1 Å². The zero-order valence-electron chi connectivity index (χ0n) is 12.6. The zero-order valence-corrected chi connectivity index (χ0v) is 13.4. The third-order valence-corrected chi connectivity index (χ3v) is 5.08. The standard InChI is InChI=1S/C13H17N3O6S/c1-3-14-12(17)8-15-13(18)9(2)23(21,22)11-6-4-10(5-7-11)16(19)20/h4-7,9H,3,8H2,1-2H3,(H,14,17)(H,15,18)/t9-/m1/s1. The molecule has 0 spiro atoms. The first kappa shape index (κ1) is 18.6. The van der Waals surface area contributed by atoms with Crippen LogP contribution in [0.5, 0.6) is 0 Å². The van der Waals surface area contributed by atoms with Gasteiger partial charge in [0.15, 0.2) is 9.84 Å². The van der Waals surface area contributed by atoms with Gasteiger partial charge in [-0.05, 0) is 26.0 Å². The van der Waals surface area contributed by atoms with Gasteiger partial charge < -0.3 is 10.6 Å². The normalized spacial score (nSPS) is 12.3. The summed E-state index contributed by atoms with van der Waals surface area (Å²) in [5.74, 6) is -1.25. The minimum absolute atomic E-state index is 0.205. The molecule has 0 unspecified atom stereocenters. The molecule has 0 aliphatic rings. The van der Waals surface area contributed by atoms with Gasteiger partial charge in [0.05, 0.1) is 16.4 Å². The van der Waals surface area contributed by atoms with Crippen molar-refractivity contribution in [2.24, 2.45) is 0 Å². The van der Waals surface area contributed by atoms with Crippen LogP contribution in [0.2, 0.25) is 0 Å². The van der Waals surface area contributed by atoms with Crippen molar-refractivity contribution in [3.05, 3.63) is 34.4 Å². The maximum absolute atomic E-state index is 12.3. The van der Waals surface area contributed by atoms with Gasteiger partial charge in [0, 0.05) is 18.7 Å². The predicted octanol–water partition coefficient (Wildman–Crippen LogP) is 0.00930. The summed E-state index contributed by atoms with van der Waals surface area (Å²) in [6.07, 6.45) is 0. The molecule has 2 amide bonds. The first-order chi connectivity index (χ1) is 10.7. The number of nitrogens with one attached hydrogen (secondary N) is 2. The van der Waals surface area contributed by atoms with E-state index < -0.39 is 31.8 Å². The monoisotopic (exact) mass is 343 g/mol. The number of nitrogens with zero attached hydrogens (tertiary/aromatic N) is 1.